The summed E-state index contributed by atoms with van der Waals surface area (Å²) in [6.07, 6.45) is 0. The maximum absolute atomic E-state index is 13.4. The average Bonchev–Trinajstić information content (AvgIpc) is 2.33. The molecule has 0 spiro atoms. The van der Waals surface area contributed by atoms with Gasteiger partial charge in [0.25, 0.3) is 0 Å². The summed E-state index contributed by atoms with van der Waals surface area (Å²) >= 11 is 0. The minimum absolute atomic E-state index is 0.0749. The summed E-state index contributed by atoms with van der Waals surface area (Å²) in [7, 11) is -3.18. The molecule has 2 aromatic rings. The van der Waals surface area contributed by atoms with Crippen LogP contribution < -0.4 is 0 Å². The highest BCUT2D eigenvalue weighted by Gasteiger charge is 2.07. The lowest BCUT2D eigenvalue weighted by atomic mass is 10.4. The van der Waals surface area contributed by atoms with E-state index in [2.05, 4.69) is 0 Å². The topological polar surface area (TPSA) is 37.3 Å². The van der Waals surface area contributed by atoms with E-state index in [-0.39, 0.29) is 15.2 Å². The van der Waals surface area contributed by atoms with Crippen molar-refractivity contribution in [3.05, 3.63) is 60.4 Å². The molecule has 0 aliphatic rings. The monoisotopic (exact) mass is 270 g/mol. The molecule has 0 aliphatic carbocycles. The predicted octanol–water partition coefficient (Wildman–Crippen LogP) is 2.73. The van der Waals surface area contributed by atoms with E-state index >= 15 is 0 Å². The van der Waals surface area contributed by atoms with Gasteiger partial charge in [-0.25, -0.2) is 8.60 Å². The summed E-state index contributed by atoms with van der Waals surface area (Å²) in [4.78, 5) is 0.536. The smallest absolute Gasteiger partial charge is 0.136 e. The van der Waals surface area contributed by atoms with Crippen molar-refractivity contribution >= 4 is 19.1 Å². The van der Waals surface area contributed by atoms with Gasteiger partial charge in [-0.05, 0) is 24.3 Å². The maximum Gasteiger partial charge on any atom is 0.136 e. The molecule has 1 unspecified atom stereocenters. The Kier molecular flexibility index (Phi) is 3.61. The van der Waals surface area contributed by atoms with Gasteiger partial charge in [0.2, 0.25) is 0 Å². The number of hydrogen-bond donors (Lipinski definition) is 2. The summed E-state index contributed by atoms with van der Waals surface area (Å²) in [6.45, 7) is 0. The van der Waals surface area contributed by atoms with Crippen molar-refractivity contribution in [2.75, 3.05) is 0 Å². The van der Waals surface area contributed by atoms with Crippen LogP contribution in [0.2, 0.25) is 0 Å². The first-order valence-corrected chi connectivity index (χ1v) is 7.90. The van der Waals surface area contributed by atoms with Crippen LogP contribution in [0.25, 0.3) is 0 Å². The van der Waals surface area contributed by atoms with Crippen molar-refractivity contribution in [3.8, 4) is 0 Å². The molecule has 90 valence electrons. The second kappa shape index (κ2) is 5.00. The fourth-order valence-corrected chi connectivity index (χ4v) is 4.43. The van der Waals surface area contributed by atoms with Crippen LogP contribution in [0.15, 0.2) is 64.4 Å². The molecule has 0 heterocycles. The molecule has 0 amide bonds. The minimum atomic E-state index is -3.25. The molecule has 2 nitrogen and oxygen atoms in total. The van der Waals surface area contributed by atoms with Crippen molar-refractivity contribution in [1.82, 2.24) is 0 Å². The molecule has 0 radical (unpaired) electrons. The Morgan fingerprint density at radius 3 is 2.24 bits per heavy atom. The molecule has 0 saturated carbocycles. The highest BCUT2D eigenvalue weighted by molar-refractivity contribution is 8.36. The van der Waals surface area contributed by atoms with Crippen molar-refractivity contribution in [2.24, 2.45) is 0 Å². The first-order chi connectivity index (χ1) is 8.09. The van der Waals surface area contributed by atoms with Gasteiger partial charge in [-0.3, -0.25) is 0 Å². The van der Waals surface area contributed by atoms with Crippen LogP contribution in [0.5, 0.6) is 0 Å². The van der Waals surface area contributed by atoms with Crippen LogP contribution in [-0.4, -0.2) is 8.76 Å². The number of thiol groups is 1. The summed E-state index contributed by atoms with van der Waals surface area (Å²) < 4.78 is 35.4. The minimum Gasteiger partial charge on any atom is -0.306 e. The third kappa shape index (κ3) is 2.94. The van der Waals surface area contributed by atoms with Crippen molar-refractivity contribution in [1.29, 1.82) is 0 Å². The molecule has 1 N–H and O–H groups in total. The Morgan fingerprint density at radius 1 is 1.00 bits per heavy atom. The Bertz CT molecular complexity index is 632. The zero-order valence-corrected chi connectivity index (χ0v) is 10.5. The standard InChI is InChI=1S/C12H11FO2S2/c13-11-8-4-5-9-12(11)16-17(14,15)10-6-2-1-3-7-10/h1-9,16H,(H,14,15). The number of halogens is 1. The van der Waals surface area contributed by atoms with Gasteiger partial charge in [0.15, 0.2) is 0 Å². The van der Waals surface area contributed by atoms with Gasteiger partial charge >= 0.3 is 0 Å². The molecule has 17 heavy (non-hydrogen) atoms. The van der Waals surface area contributed by atoms with E-state index in [1.807, 2.05) is 0 Å². The SMILES string of the molecule is O=S(O)(=[SH]c1ccccc1F)c1ccccc1. The maximum atomic E-state index is 13.4. The molecule has 0 bridgehead atoms. The molecular formula is C12H11FO2S2. The fourth-order valence-electron chi connectivity index (χ4n) is 1.31. The van der Waals surface area contributed by atoms with E-state index in [1.54, 1.807) is 42.5 Å². The highest BCUT2D eigenvalue weighted by Crippen LogP contribution is 2.14. The first-order valence-electron chi connectivity index (χ1n) is 4.89. The van der Waals surface area contributed by atoms with Gasteiger partial charge in [0, 0.05) is 4.90 Å². The van der Waals surface area contributed by atoms with E-state index in [4.69, 9.17) is 0 Å². The molecule has 0 aliphatic heterocycles. The number of rotatable bonds is 2. The van der Waals surface area contributed by atoms with Crippen molar-refractivity contribution < 1.29 is 13.2 Å². The fraction of sp³-hybridized carbons (Fsp3) is 0. The van der Waals surface area contributed by atoms with Gasteiger partial charge in [0.1, 0.15) is 14.6 Å². The van der Waals surface area contributed by atoms with Crippen LogP contribution in [-0.2, 0) is 19.1 Å². The average molecular weight is 270 g/mol. The Morgan fingerprint density at radius 2 is 1.59 bits per heavy atom. The lowest BCUT2D eigenvalue weighted by Gasteiger charge is -2.04. The molecule has 2 aromatic carbocycles. The number of benzene rings is 2. The molecule has 5 heteroatoms. The third-order valence-corrected chi connectivity index (χ3v) is 5.78. The van der Waals surface area contributed by atoms with E-state index < -0.39 is 14.6 Å². The second-order valence-corrected chi connectivity index (χ2v) is 7.51. The summed E-state index contributed by atoms with van der Waals surface area (Å²) in [6, 6.07) is 14.2. The quantitative estimate of drug-likeness (QED) is 0.823. The second-order valence-electron chi connectivity index (χ2n) is 3.35. The van der Waals surface area contributed by atoms with Crippen LogP contribution in [0.1, 0.15) is 0 Å². The highest BCUT2D eigenvalue weighted by atomic mass is 32.9. The van der Waals surface area contributed by atoms with Gasteiger partial charge in [-0.15, -0.1) is 0 Å². The first kappa shape index (κ1) is 12.3. The van der Waals surface area contributed by atoms with Gasteiger partial charge in [-0.1, -0.05) is 40.7 Å². The van der Waals surface area contributed by atoms with Crippen molar-refractivity contribution in [2.45, 2.75) is 9.79 Å². The molecular weight excluding hydrogens is 259 g/mol. The zero-order valence-electron chi connectivity index (χ0n) is 8.79. The van der Waals surface area contributed by atoms with E-state index in [1.165, 1.54) is 12.1 Å². The van der Waals surface area contributed by atoms with E-state index in [9.17, 15) is 13.2 Å². The van der Waals surface area contributed by atoms with E-state index in [0.717, 1.165) is 0 Å². The van der Waals surface area contributed by atoms with Gasteiger partial charge in [-0.2, -0.15) is 0 Å². The molecule has 1 atom stereocenters. The zero-order chi connectivity index (χ0) is 12.3. The lowest BCUT2D eigenvalue weighted by molar-refractivity contribution is 0.561. The predicted molar refractivity (Wildman–Crippen MR) is 68.9 cm³/mol. The molecule has 0 fully saturated rings. The van der Waals surface area contributed by atoms with E-state index in [0.29, 0.717) is 4.90 Å². The van der Waals surface area contributed by atoms with Gasteiger partial charge in [0.05, 0.1) is 4.90 Å². The van der Waals surface area contributed by atoms with Crippen LogP contribution in [0.3, 0.4) is 0 Å². The van der Waals surface area contributed by atoms with Crippen molar-refractivity contribution in [3.63, 3.8) is 0 Å². The third-order valence-electron chi connectivity index (χ3n) is 2.12. The summed E-state index contributed by atoms with van der Waals surface area (Å²) in [5.74, 6) is -0.466. The normalized spacial score (nSPS) is 14.2. The van der Waals surface area contributed by atoms with Crippen LogP contribution in [0.4, 0.5) is 4.39 Å². The summed E-state index contributed by atoms with van der Waals surface area (Å²) in [5.41, 5.74) is 0. The largest absolute Gasteiger partial charge is 0.306 e. The Hall–Kier alpha value is -1.17. The van der Waals surface area contributed by atoms with Gasteiger partial charge < -0.3 is 4.55 Å². The van der Waals surface area contributed by atoms with Crippen LogP contribution >= 0.6 is 0 Å². The lowest BCUT2D eigenvalue weighted by Crippen LogP contribution is -2.00. The molecule has 2 rings (SSSR count). The summed E-state index contributed by atoms with van der Waals surface area (Å²) in [5, 5.41) is 0. The number of hydrogen-bond acceptors (Lipinski definition) is 1. The Balaban J connectivity index is 2.54. The van der Waals surface area contributed by atoms with Crippen LogP contribution in [0, 0.1) is 5.82 Å². The molecule has 0 saturated heterocycles. The molecule has 0 aromatic heterocycles. The Labute approximate surface area is 103 Å².